The number of amides is 3. The van der Waals surface area contributed by atoms with E-state index in [2.05, 4.69) is 28.6 Å². The first-order chi connectivity index (χ1) is 14.6. The van der Waals surface area contributed by atoms with Crippen LogP contribution < -0.4 is 21.7 Å². The lowest BCUT2D eigenvalue weighted by atomic mass is 10.0. The lowest BCUT2D eigenvalue weighted by molar-refractivity contribution is -0.145. The van der Waals surface area contributed by atoms with Gasteiger partial charge in [0.15, 0.2) is 6.04 Å². The van der Waals surface area contributed by atoms with Crippen LogP contribution in [0.25, 0.3) is 0 Å². The van der Waals surface area contributed by atoms with Crippen LogP contribution in [0.2, 0.25) is 0 Å². The quantitative estimate of drug-likeness (QED) is 0.157. The van der Waals surface area contributed by atoms with E-state index < -0.39 is 60.6 Å². The summed E-state index contributed by atoms with van der Waals surface area (Å²) < 4.78 is 0. The van der Waals surface area contributed by atoms with E-state index in [1.807, 2.05) is 0 Å². The molecule has 5 unspecified atom stereocenters. The molecule has 8 N–H and O–H groups in total. The fourth-order valence-electron chi connectivity index (χ4n) is 2.53. The van der Waals surface area contributed by atoms with Crippen LogP contribution in [0, 0.1) is 0 Å². The first-order valence-electron chi connectivity index (χ1n) is 9.43. The zero-order valence-electron chi connectivity index (χ0n) is 16.9. The van der Waals surface area contributed by atoms with Crippen LogP contribution in [0.1, 0.15) is 12.5 Å². The van der Waals surface area contributed by atoms with Gasteiger partial charge in [-0.25, -0.2) is 4.79 Å². The zero-order valence-corrected chi connectivity index (χ0v) is 17.8. The van der Waals surface area contributed by atoms with Gasteiger partial charge >= 0.3 is 5.97 Å². The Bertz CT molecular complexity index is 763. The number of hydrogen-bond donors (Lipinski definition) is 8. The third-order valence-electron chi connectivity index (χ3n) is 4.31. The Morgan fingerprint density at radius 2 is 1.55 bits per heavy atom. The van der Waals surface area contributed by atoms with Crippen molar-refractivity contribution in [3.8, 4) is 0 Å². The van der Waals surface area contributed by atoms with E-state index in [1.165, 1.54) is 6.92 Å². The van der Waals surface area contributed by atoms with Gasteiger partial charge in [0.25, 0.3) is 0 Å². The maximum atomic E-state index is 12.7. The fourth-order valence-corrected chi connectivity index (χ4v) is 2.70. The van der Waals surface area contributed by atoms with E-state index in [4.69, 9.17) is 5.73 Å². The number of carboxylic acid groups (broad SMARTS) is 1. The van der Waals surface area contributed by atoms with E-state index in [9.17, 15) is 34.5 Å². The molecule has 0 spiro atoms. The summed E-state index contributed by atoms with van der Waals surface area (Å²) in [6.45, 7) is 0.438. The highest BCUT2D eigenvalue weighted by atomic mass is 32.1. The van der Waals surface area contributed by atoms with Gasteiger partial charge in [-0.15, -0.1) is 0 Å². The lowest BCUT2D eigenvalue weighted by Crippen LogP contribution is -2.59. The standard InChI is InChI=1S/C19H28N4O7S/c1-10(25)15(19(29)30)23-17(27)13(7-11-5-3-2-4-6-11)21-18(28)14(8-24)22-16(26)12(20)9-31/h2-6,10,12-15,24-25,31H,7-9,20H2,1H3,(H,21,28)(H,22,26)(H,23,27)(H,29,30). The summed E-state index contributed by atoms with van der Waals surface area (Å²) in [6.07, 6.45) is -1.39. The van der Waals surface area contributed by atoms with Crippen LogP contribution in [0.15, 0.2) is 30.3 Å². The molecule has 0 heterocycles. The van der Waals surface area contributed by atoms with Gasteiger partial charge in [-0.05, 0) is 12.5 Å². The van der Waals surface area contributed by atoms with Crippen LogP contribution in [-0.4, -0.2) is 81.6 Å². The second-order valence-corrected chi connectivity index (χ2v) is 7.21. The van der Waals surface area contributed by atoms with Crippen LogP contribution in [0.4, 0.5) is 0 Å². The predicted molar refractivity (Wildman–Crippen MR) is 114 cm³/mol. The summed E-state index contributed by atoms with van der Waals surface area (Å²) in [5.74, 6) is -3.88. The number of hydrogen-bond acceptors (Lipinski definition) is 8. The van der Waals surface area contributed by atoms with E-state index in [1.54, 1.807) is 30.3 Å². The van der Waals surface area contributed by atoms with Gasteiger partial charge < -0.3 is 37.0 Å². The Kier molecular flexibility index (Phi) is 11.0. The van der Waals surface area contributed by atoms with Gasteiger partial charge in [0.2, 0.25) is 17.7 Å². The highest BCUT2D eigenvalue weighted by Gasteiger charge is 2.31. The van der Waals surface area contributed by atoms with E-state index in [0.29, 0.717) is 5.56 Å². The molecule has 0 saturated heterocycles. The summed E-state index contributed by atoms with van der Waals surface area (Å²) >= 11 is 3.89. The SMILES string of the molecule is CC(O)C(NC(=O)C(Cc1ccccc1)NC(=O)C(CO)NC(=O)C(N)CS)C(=O)O. The Morgan fingerprint density at radius 3 is 2.03 bits per heavy atom. The Balaban J connectivity index is 3.01. The summed E-state index contributed by atoms with van der Waals surface area (Å²) in [7, 11) is 0. The summed E-state index contributed by atoms with van der Waals surface area (Å²) in [6, 6.07) is 3.36. The van der Waals surface area contributed by atoms with Crippen molar-refractivity contribution in [1.29, 1.82) is 0 Å². The number of aliphatic hydroxyl groups is 2. The molecular weight excluding hydrogens is 428 g/mol. The molecular formula is C19H28N4O7S. The van der Waals surface area contributed by atoms with Crippen molar-refractivity contribution in [2.24, 2.45) is 5.73 Å². The molecule has 5 atom stereocenters. The largest absolute Gasteiger partial charge is 0.480 e. The minimum absolute atomic E-state index is 0.00713. The number of carbonyl (C=O) groups is 4. The van der Waals surface area contributed by atoms with Gasteiger partial charge in [-0.3, -0.25) is 14.4 Å². The number of carbonyl (C=O) groups excluding carboxylic acids is 3. The second-order valence-electron chi connectivity index (χ2n) is 6.85. The van der Waals surface area contributed by atoms with Gasteiger partial charge in [-0.1, -0.05) is 30.3 Å². The zero-order chi connectivity index (χ0) is 23.6. The predicted octanol–water partition coefficient (Wildman–Crippen LogP) is -2.60. The van der Waals surface area contributed by atoms with Gasteiger partial charge in [0.05, 0.1) is 18.8 Å². The fraction of sp³-hybridized carbons (Fsp3) is 0.474. The molecule has 0 saturated carbocycles. The molecule has 0 fully saturated rings. The van der Waals surface area contributed by atoms with E-state index >= 15 is 0 Å². The number of aliphatic carboxylic acids is 1. The molecule has 0 aromatic heterocycles. The molecule has 0 aliphatic heterocycles. The highest BCUT2D eigenvalue weighted by Crippen LogP contribution is 2.05. The normalized spacial score (nSPS) is 15.6. The van der Waals surface area contributed by atoms with Crippen molar-refractivity contribution in [3.63, 3.8) is 0 Å². The summed E-state index contributed by atoms with van der Waals surface area (Å²) in [5.41, 5.74) is 6.20. The Morgan fingerprint density at radius 1 is 1.00 bits per heavy atom. The summed E-state index contributed by atoms with van der Waals surface area (Å²) in [5, 5.41) is 35.1. The Labute approximate surface area is 184 Å². The number of nitrogens with one attached hydrogen (secondary N) is 3. The Hall–Kier alpha value is -2.67. The number of nitrogens with two attached hydrogens (primary N) is 1. The van der Waals surface area contributed by atoms with Crippen molar-refractivity contribution < 1.29 is 34.5 Å². The number of aliphatic hydroxyl groups excluding tert-OH is 2. The molecule has 11 nitrogen and oxygen atoms in total. The molecule has 1 aromatic carbocycles. The minimum atomic E-state index is -1.59. The van der Waals surface area contributed by atoms with Crippen molar-refractivity contribution in [3.05, 3.63) is 35.9 Å². The number of rotatable bonds is 12. The maximum absolute atomic E-state index is 12.7. The van der Waals surface area contributed by atoms with E-state index in [-0.39, 0.29) is 12.2 Å². The van der Waals surface area contributed by atoms with Crippen LogP contribution in [0.3, 0.4) is 0 Å². The summed E-state index contributed by atoms with van der Waals surface area (Å²) in [4.78, 5) is 48.5. The van der Waals surface area contributed by atoms with E-state index in [0.717, 1.165) is 0 Å². The van der Waals surface area contributed by atoms with Gasteiger partial charge in [0.1, 0.15) is 12.1 Å². The molecule has 1 rings (SSSR count). The molecule has 3 amide bonds. The van der Waals surface area contributed by atoms with Gasteiger partial charge in [-0.2, -0.15) is 12.6 Å². The molecule has 31 heavy (non-hydrogen) atoms. The first-order valence-corrected chi connectivity index (χ1v) is 10.1. The minimum Gasteiger partial charge on any atom is -0.480 e. The second kappa shape index (κ2) is 12.9. The third-order valence-corrected chi connectivity index (χ3v) is 4.70. The van der Waals surface area contributed by atoms with Crippen molar-refractivity contribution >= 4 is 36.3 Å². The van der Waals surface area contributed by atoms with Crippen LogP contribution in [-0.2, 0) is 25.6 Å². The van der Waals surface area contributed by atoms with Crippen LogP contribution in [0.5, 0.6) is 0 Å². The number of benzene rings is 1. The smallest absolute Gasteiger partial charge is 0.328 e. The molecule has 12 heteroatoms. The molecule has 172 valence electrons. The average molecular weight is 457 g/mol. The molecule has 0 aliphatic rings. The average Bonchev–Trinajstić information content (AvgIpc) is 2.74. The van der Waals surface area contributed by atoms with Crippen molar-refractivity contribution in [2.45, 2.75) is 43.6 Å². The topological polar surface area (TPSA) is 191 Å². The van der Waals surface area contributed by atoms with Crippen molar-refractivity contribution in [2.75, 3.05) is 12.4 Å². The maximum Gasteiger partial charge on any atom is 0.328 e. The lowest BCUT2D eigenvalue weighted by Gasteiger charge is -2.25. The van der Waals surface area contributed by atoms with Gasteiger partial charge in [0, 0.05) is 12.2 Å². The third kappa shape index (κ3) is 8.53. The number of carboxylic acids is 1. The van der Waals surface area contributed by atoms with Crippen molar-refractivity contribution in [1.82, 2.24) is 16.0 Å². The molecule has 0 bridgehead atoms. The highest BCUT2D eigenvalue weighted by molar-refractivity contribution is 7.80. The molecule has 0 radical (unpaired) electrons. The number of thiol groups is 1. The monoisotopic (exact) mass is 456 g/mol. The van der Waals surface area contributed by atoms with Crippen LogP contribution >= 0.6 is 12.6 Å². The first kappa shape index (κ1) is 26.4. The molecule has 1 aromatic rings. The molecule has 0 aliphatic carbocycles.